The van der Waals surface area contributed by atoms with E-state index in [4.69, 9.17) is 5.73 Å². The molecule has 0 fully saturated rings. The molecule has 28 heavy (non-hydrogen) atoms. The van der Waals surface area contributed by atoms with Gasteiger partial charge in [0, 0.05) is 22.9 Å². The smallest absolute Gasteiger partial charge is 0.194 e. The summed E-state index contributed by atoms with van der Waals surface area (Å²) in [6.07, 6.45) is 1.82. The molecule has 5 aromatic rings. The number of aromatic nitrogens is 2. The minimum atomic E-state index is -0.0290. The number of nitrogen functional groups attached to an aromatic ring is 1. The van der Waals surface area contributed by atoms with E-state index in [0.29, 0.717) is 22.6 Å². The highest BCUT2D eigenvalue weighted by Crippen LogP contribution is 2.33. The third kappa shape index (κ3) is 2.55. The molecule has 0 aliphatic rings. The van der Waals surface area contributed by atoms with Crippen LogP contribution in [0.5, 0.6) is 0 Å². The van der Waals surface area contributed by atoms with Crippen LogP contribution in [0.25, 0.3) is 27.7 Å². The number of carbonyl (C=O) groups excluding carboxylic acids is 1. The topological polar surface area (TPSA) is 60.4 Å². The number of nitrogens with zero attached hydrogens (tertiary/aromatic N) is 2. The highest BCUT2D eigenvalue weighted by molar-refractivity contribution is 6.09. The molecule has 0 amide bonds. The van der Waals surface area contributed by atoms with Crippen LogP contribution in [-0.4, -0.2) is 15.2 Å². The first-order valence-corrected chi connectivity index (χ1v) is 9.08. The third-order valence-electron chi connectivity index (χ3n) is 4.99. The zero-order valence-electron chi connectivity index (χ0n) is 15.0. The second-order valence-electron chi connectivity index (χ2n) is 6.71. The lowest BCUT2D eigenvalue weighted by Crippen LogP contribution is -2.03. The van der Waals surface area contributed by atoms with Crippen LogP contribution in [0.3, 0.4) is 0 Å². The van der Waals surface area contributed by atoms with Gasteiger partial charge in [-0.25, -0.2) is 4.98 Å². The molecule has 0 bridgehead atoms. The largest absolute Gasteiger partial charge is 0.382 e. The molecule has 2 N–H and O–H groups in total. The summed E-state index contributed by atoms with van der Waals surface area (Å²) in [6.45, 7) is 0. The quantitative estimate of drug-likeness (QED) is 0.461. The van der Waals surface area contributed by atoms with Gasteiger partial charge in [0.05, 0.1) is 5.69 Å². The van der Waals surface area contributed by atoms with Crippen LogP contribution in [0.1, 0.15) is 15.9 Å². The van der Waals surface area contributed by atoms with Crippen molar-refractivity contribution in [1.82, 2.24) is 9.38 Å². The second-order valence-corrected chi connectivity index (χ2v) is 6.71. The van der Waals surface area contributed by atoms with E-state index in [2.05, 4.69) is 23.2 Å². The van der Waals surface area contributed by atoms with Gasteiger partial charge in [0.1, 0.15) is 5.65 Å². The average molecular weight is 363 g/mol. The van der Waals surface area contributed by atoms with Crippen LogP contribution in [-0.2, 0) is 0 Å². The Morgan fingerprint density at radius 3 is 2.39 bits per heavy atom. The summed E-state index contributed by atoms with van der Waals surface area (Å²) in [6, 6.07) is 27.2. The number of hydrogen-bond acceptors (Lipinski definition) is 3. The summed E-state index contributed by atoms with van der Waals surface area (Å²) < 4.78 is 1.91. The second kappa shape index (κ2) is 6.35. The average Bonchev–Trinajstić information content (AvgIpc) is 3.08. The van der Waals surface area contributed by atoms with Crippen molar-refractivity contribution < 1.29 is 4.79 Å². The van der Waals surface area contributed by atoms with Crippen molar-refractivity contribution in [2.75, 3.05) is 5.73 Å². The molecule has 2 heterocycles. The van der Waals surface area contributed by atoms with Gasteiger partial charge in [-0.3, -0.25) is 9.20 Å². The summed E-state index contributed by atoms with van der Waals surface area (Å²) in [4.78, 5) is 17.4. The van der Waals surface area contributed by atoms with E-state index in [1.807, 2.05) is 71.3 Å². The molecule has 0 atom stereocenters. The van der Waals surface area contributed by atoms with E-state index in [1.54, 1.807) is 6.07 Å². The first kappa shape index (κ1) is 16.3. The van der Waals surface area contributed by atoms with E-state index < -0.39 is 0 Å². The Morgan fingerprint density at radius 2 is 1.54 bits per heavy atom. The molecule has 4 heteroatoms. The molecule has 5 rings (SSSR count). The van der Waals surface area contributed by atoms with Crippen LogP contribution < -0.4 is 5.73 Å². The summed E-state index contributed by atoms with van der Waals surface area (Å²) in [5, 5.41) is 2.23. The van der Waals surface area contributed by atoms with Crippen LogP contribution in [0.4, 0.5) is 5.82 Å². The minimum Gasteiger partial charge on any atom is -0.382 e. The molecule has 0 saturated heterocycles. The van der Waals surface area contributed by atoms with Gasteiger partial charge >= 0.3 is 0 Å². The van der Waals surface area contributed by atoms with Gasteiger partial charge in [-0.15, -0.1) is 0 Å². The molecule has 134 valence electrons. The van der Waals surface area contributed by atoms with Crippen molar-refractivity contribution in [1.29, 1.82) is 0 Å². The summed E-state index contributed by atoms with van der Waals surface area (Å²) in [5.74, 6) is 0.416. The van der Waals surface area contributed by atoms with Crippen LogP contribution in [0.2, 0.25) is 0 Å². The summed E-state index contributed by atoms with van der Waals surface area (Å²) in [7, 11) is 0. The van der Waals surface area contributed by atoms with Gasteiger partial charge in [-0.05, 0) is 22.9 Å². The highest BCUT2D eigenvalue weighted by atomic mass is 16.1. The van der Waals surface area contributed by atoms with Gasteiger partial charge < -0.3 is 5.73 Å². The van der Waals surface area contributed by atoms with Crippen LogP contribution in [0.15, 0.2) is 91.1 Å². The lowest BCUT2D eigenvalue weighted by Gasteiger charge is -2.09. The van der Waals surface area contributed by atoms with Gasteiger partial charge in [0.15, 0.2) is 11.6 Å². The minimum absolute atomic E-state index is 0.0290. The maximum Gasteiger partial charge on any atom is 0.194 e. The number of imidazole rings is 1. The molecule has 4 nitrogen and oxygen atoms in total. The van der Waals surface area contributed by atoms with Crippen LogP contribution in [0, 0.1) is 0 Å². The molecule has 3 aromatic carbocycles. The number of fused-ring (bicyclic) bond motifs is 2. The molecule has 0 spiro atoms. The molecule has 0 aliphatic heterocycles. The molecule has 2 aromatic heterocycles. The normalized spacial score (nSPS) is 11.1. The number of hydrogen-bond donors (Lipinski definition) is 1. The Labute approximate surface area is 161 Å². The van der Waals surface area contributed by atoms with Crippen molar-refractivity contribution >= 4 is 28.0 Å². The highest BCUT2D eigenvalue weighted by Gasteiger charge is 2.16. The molecule has 0 radical (unpaired) electrons. The number of benzene rings is 3. The molecular formula is C24H17N3O. The fraction of sp³-hybridized carbons (Fsp3) is 0. The first-order chi connectivity index (χ1) is 13.7. The van der Waals surface area contributed by atoms with Gasteiger partial charge in [-0.1, -0.05) is 72.8 Å². The molecule has 0 saturated carbocycles. The Balaban J connectivity index is 1.74. The van der Waals surface area contributed by atoms with E-state index in [-0.39, 0.29) is 5.78 Å². The zero-order valence-corrected chi connectivity index (χ0v) is 15.0. The Bertz CT molecular complexity index is 1330. The predicted octanol–water partition coefficient (Wildman–Crippen LogP) is 4.97. The Kier molecular flexibility index (Phi) is 3.69. The Hall–Kier alpha value is -3.92. The van der Waals surface area contributed by atoms with Crippen molar-refractivity contribution in [2.45, 2.75) is 0 Å². The van der Waals surface area contributed by atoms with E-state index in [9.17, 15) is 4.79 Å². The van der Waals surface area contributed by atoms with Crippen molar-refractivity contribution in [2.24, 2.45) is 0 Å². The zero-order chi connectivity index (χ0) is 19.1. The number of ketones is 1. The maximum atomic E-state index is 12.9. The number of nitrogens with two attached hydrogens (primary N) is 1. The monoisotopic (exact) mass is 363 g/mol. The third-order valence-corrected chi connectivity index (χ3v) is 4.99. The lowest BCUT2D eigenvalue weighted by molar-refractivity contribution is 0.103. The Morgan fingerprint density at radius 1 is 0.786 bits per heavy atom. The standard InChI is InChI=1S/C24H17N3O/c25-24-22(20-12-6-10-16-7-4-5-11-19(16)20)27-15-18(13-14-21(27)26-24)23(28)17-8-2-1-3-9-17/h1-15H,25H2. The fourth-order valence-corrected chi connectivity index (χ4v) is 3.65. The number of pyridine rings is 1. The SMILES string of the molecule is Nc1nc2ccc(C(=O)c3ccccc3)cn2c1-c1cccc2ccccc12. The maximum absolute atomic E-state index is 12.9. The van der Waals surface area contributed by atoms with Crippen molar-refractivity contribution in [3.8, 4) is 11.3 Å². The molecule has 0 unspecified atom stereocenters. The van der Waals surface area contributed by atoms with Crippen molar-refractivity contribution in [3.05, 3.63) is 102 Å². The lowest BCUT2D eigenvalue weighted by atomic mass is 10.0. The van der Waals surface area contributed by atoms with E-state index in [0.717, 1.165) is 22.0 Å². The van der Waals surface area contributed by atoms with Crippen LogP contribution >= 0.6 is 0 Å². The molecule has 0 aliphatic carbocycles. The molecular weight excluding hydrogens is 346 g/mol. The van der Waals surface area contributed by atoms with E-state index in [1.165, 1.54) is 0 Å². The fourth-order valence-electron chi connectivity index (χ4n) is 3.65. The summed E-state index contributed by atoms with van der Waals surface area (Å²) >= 11 is 0. The number of rotatable bonds is 3. The number of anilines is 1. The summed E-state index contributed by atoms with van der Waals surface area (Å²) in [5.41, 5.74) is 10.1. The van der Waals surface area contributed by atoms with Gasteiger partial charge in [0.25, 0.3) is 0 Å². The van der Waals surface area contributed by atoms with E-state index >= 15 is 0 Å². The van der Waals surface area contributed by atoms with Crippen molar-refractivity contribution in [3.63, 3.8) is 0 Å². The van der Waals surface area contributed by atoms with Gasteiger partial charge in [0.2, 0.25) is 0 Å². The van der Waals surface area contributed by atoms with Gasteiger partial charge in [-0.2, -0.15) is 0 Å². The number of carbonyl (C=O) groups is 1. The predicted molar refractivity (Wildman–Crippen MR) is 112 cm³/mol. The first-order valence-electron chi connectivity index (χ1n) is 9.08.